The number of carbonyl (C=O) groups is 2. The van der Waals surface area contributed by atoms with Crippen LogP contribution in [0.1, 0.15) is 10.4 Å². The number of pyridine rings is 1. The third-order valence-electron chi connectivity index (χ3n) is 3.96. The van der Waals surface area contributed by atoms with Gasteiger partial charge >= 0.3 is 0 Å². The van der Waals surface area contributed by atoms with E-state index in [9.17, 15) is 26.8 Å². The molecule has 160 valence electrons. The Morgan fingerprint density at radius 3 is 2.32 bits per heavy atom. The molecule has 0 radical (unpaired) electrons. The van der Waals surface area contributed by atoms with E-state index in [0.717, 1.165) is 6.07 Å². The largest absolute Gasteiger partial charge is 0.343 e. The van der Waals surface area contributed by atoms with E-state index in [-0.39, 0.29) is 17.8 Å². The summed E-state index contributed by atoms with van der Waals surface area (Å²) in [6.45, 7) is -0.280. The van der Waals surface area contributed by atoms with Gasteiger partial charge in [-0.15, -0.1) is 0 Å². The van der Waals surface area contributed by atoms with Crippen LogP contribution in [0, 0.1) is 11.6 Å². The zero-order valence-corrected chi connectivity index (χ0v) is 16.6. The van der Waals surface area contributed by atoms with E-state index in [0.29, 0.717) is 17.8 Å². The average Bonchev–Trinajstić information content (AvgIpc) is 2.75. The van der Waals surface area contributed by atoms with Crippen molar-refractivity contribution in [3.05, 3.63) is 84.2 Å². The molecule has 0 unspecified atom stereocenters. The molecule has 2 amide bonds. The fourth-order valence-corrected chi connectivity index (χ4v) is 3.52. The van der Waals surface area contributed by atoms with E-state index in [4.69, 9.17) is 0 Å². The van der Waals surface area contributed by atoms with Gasteiger partial charge in [0, 0.05) is 17.4 Å². The van der Waals surface area contributed by atoms with Gasteiger partial charge in [0.15, 0.2) is 11.6 Å². The fourth-order valence-electron chi connectivity index (χ4n) is 2.45. The van der Waals surface area contributed by atoms with Gasteiger partial charge in [-0.1, -0.05) is 0 Å². The second-order valence-electron chi connectivity index (χ2n) is 6.23. The van der Waals surface area contributed by atoms with Crippen molar-refractivity contribution in [3.8, 4) is 0 Å². The maximum absolute atomic E-state index is 13.3. The molecule has 0 aliphatic heterocycles. The van der Waals surface area contributed by atoms with Gasteiger partial charge < -0.3 is 10.6 Å². The Morgan fingerprint density at radius 1 is 0.935 bits per heavy atom. The van der Waals surface area contributed by atoms with E-state index in [1.54, 1.807) is 18.3 Å². The van der Waals surface area contributed by atoms with E-state index >= 15 is 0 Å². The first-order chi connectivity index (χ1) is 14.7. The number of hydrogen-bond acceptors (Lipinski definition) is 5. The van der Waals surface area contributed by atoms with Gasteiger partial charge in [0.25, 0.3) is 15.9 Å². The Labute approximate surface area is 176 Å². The molecule has 0 aliphatic carbocycles. The normalized spacial score (nSPS) is 10.9. The van der Waals surface area contributed by atoms with Gasteiger partial charge in [0.2, 0.25) is 5.91 Å². The summed E-state index contributed by atoms with van der Waals surface area (Å²) in [5.74, 6) is -3.44. The molecule has 3 N–H and O–H groups in total. The van der Waals surface area contributed by atoms with Crippen molar-refractivity contribution in [3.63, 3.8) is 0 Å². The third-order valence-corrected chi connectivity index (χ3v) is 5.33. The quantitative estimate of drug-likeness (QED) is 0.516. The summed E-state index contributed by atoms with van der Waals surface area (Å²) in [7, 11) is -4.15. The topological polar surface area (TPSA) is 117 Å². The summed E-state index contributed by atoms with van der Waals surface area (Å²) in [5.41, 5.74) is 0.778. The molecular formula is C20H16F2N4O4S. The molecule has 1 heterocycles. The van der Waals surface area contributed by atoms with Gasteiger partial charge in [-0.05, 0) is 54.6 Å². The maximum Gasteiger partial charge on any atom is 0.261 e. The van der Waals surface area contributed by atoms with Crippen molar-refractivity contribution < 1.29 is 26.8 Å². The highest BCUT2D eigenvalue weighted by molar-refractivity contribution is 7.92. The van der Waals surface area contributed by atoms with Crippen molar-refractivity contribution in [2.24, 2.45) is 0 Å². The van der Waals surface area contributed by atoms with Gasteiger partial charge in [0.1, 0.15) is 0 Å². The maximum atomic E-state index is 13.3. The second-order valence-corrected chi connectivity index (χ2v) is 7.91. The molecule has 3 rings (SSSR count). The molecule has 0 fully saturated rings. The first kappa shape index (κ1) is 21.8. The van der Waals surface area contributed by atoms with Gasteiger partial charge in [-0.3, -0.25) is 19.3 Å². The number of nitrogens with one attached hydrogen (secondary N) is 3. The molecule has 11 heteroatoms. The van der Waals surface area contributed by atoms with Crippen LogP contribution in [0.2, 0.25) is 0 Å². The lowest BCUT2D eigenvalue weighted by Gasteiger charge is -2.10. The number of hydrogen-bond donors (Lipinski definition) is 3. The van der Waals surface area contributed by atoms with Crippen LogP contribution in [0.25, 0.3) is 0 Å². The zero-order chi connectivity index (χ0) is 22.4. The summed E-state index contributed by atoms with van der Waals surface area (Å²) in [4.78, 5) is 27.4. The first-order valence-electron chi connectivity index (χ1n) is 8.80. The number of halogens is 2. The van der Waals surface area contributed by atoms with E-state index in [1.165, 1.54) is 30.5 Å². The molecule has 0 aliphatic rings. The van der Waals surface area contributed by atoms with Crippen LogP contribution >= 0.6 is 0 Å². The number of nitrogens with zero attached hydrogens (tertiary/aromatic N) is 1. The Morgan fingerprint density at radius 2 is 1.68 bits per heavy atom. The first-order valence-corrected chi connectivity index (χ1v) is 10.3. The summed E-state index contributed by atoms with van der Waals surface area (Å²) in [6, 6.07) is 10.8. The van der Waals surface area contributed by atoms with E-state index in [2.05, 4.69) is 20.3 Å². The lowest BCUT2D eigenvalue weighted by Crippen LogP contribution is -2.32. The predicted molar refractivity (Wildman–Crippen MR) is 109 cm³/mol. The molecule has 0 spiro atoms. The molecule has 8 nitrogen and oxygen atoms in total. The molecule has 1 aromatic heterocycles. The lowest BCUT2D eigenvalue weighted by molar-refractivity contribution is -0.115. The average molecular weight is 446 g/mol. The number of rotatable bonds is 7. The highest BCUT2D eigenvalue weighted by Gasteiger charge is 2.17. The summed E-state index contributed by atoms with van der Waals surface area (Å²) in [5, 5.41) is 5.00. The van der Waals surface area contributed by atoms with Gasteiger partial charge in [0.05, 0.1) is 23.3 Å². The highest BCUT2D eigenvalue weighted by atomic mass is 32.2. The van der Waals surface area contributed by atoms with Crippen LogP contribution in [0.5, 0.6) is 0 Å². The molecule has 0 bridgehead atoms. The van der Waals surface area contributed by atoms with Crippen molar-refractivity contribution >= 4 is 33.2 Å². The Kier molecular flexibility index (Phi) is 6.55. The van der Waals surface area contributed by atoms with Crippen LogP contribution in [0.3, 0.4) is 0 Å². The molecule has 31 heavy (non-hydrogen) atoms. The number of amides is 2. The third kappa shape index (κ3) is 5.82. The predicted octanol–water partition coefficient (Wildman–Crippen LogP) is 2.53. The standard InChI is InChI=1S/C20H16F2N4O4S/c21-17-8-7-16(10-18(17)22)31(29,30)26-14-5-3-13(4-6-14)20(28)24-12-19(27)25-15-2-1-9-23-11-15/h1-11,26H,12H2,(H,24,28)(H,25,27). The van der Waals surface area contributed by atoms with Crippen molar-refractivity contribution in [1.29, 1.82) is 0 Å². The van der Waals surface area contributed by atoms with E-state index < -0.39 is 38.4 Å². The van der Waals surface area contributed by atoms with Gasteiger partial charge in [-0.2, -0.15) is 0 Å². The summed E-state index contributed by atoms with van der Waals surface area (Å²) < 4.78 is 53.1. The smallest absolute Gasteiger partial charge is 0.261 e. The molecule has 0 atom stereocenters. The van der Waals surface area contributed by atoms with Gasteiger partial charge in [-0.25, -0.2) is 17.2 Å². The Hall–Kier alpha value is -3.86. The van der Waals surface area contributed by atoms with E-state index in [1.807, 2.05) is 0 Å². The SMILES string of the molecule is O=C(CNC(=O)c1ccc(NS(=O)(=O)c2ccc(F)c(F)c2)cc1)Nc1cccnc1. The summed E-state index contributed by atoms with van der Waals surface area (Å²) >= 11 is 0. The number of anilines is 2. The molecule has 2 aromatic carbocycles. The van der Waals surface area contributed by atoms with Crippen LogP contribution in [-0.2, 0) is 14.8 Å². The minimum atomic E-state index is -4.15. The Bertz CT molecular complexity index is 1200. The number of benzene rings is 2. The second kappa shape index (κ2) is 9.30. The fraction of sp³-hybridized carbons (Fsp3) is 0.0500. The van der Waals surface area contributed by atoms with Crippen LogP contribution < -0.4 is 15.4 Å². The molecule has 0 saturated heterocycles. The zero-order valence-electron chi connectivity index (χ0n) is 15.8. The molecular weight excluding hydrogens is 430 g/mol. The number of sulfonamides is 1. The van der Waals surface area contributed by atoms with Crippen molar-refractivity contribution in [2.75, 3.05) is 16.6 Å². The molecule has 3 aromatic rings. The number of aromatic nitrogens is 1. The number of carbonyl (C=O) groups excluding carboxylic acids is 2. The van der Waals surface area contributed by atoms with Crippen LogP contribution in [0.15, 0.2) is 71.9 Å². The van der Waals surface area contributed by atoms with Crippen molar-refractivity contribution in [2.45, 2.75) is 4.90 Å². The lowest BCUT2D eigenvalue weighted by atomic mass is 10.2. The Balaban J connectivity index is 1.58. The minimum Gasteiger partial charge on any atom is -0.343 e. The van der Waals surface area contributed by atoms with Crippen LogP contribution in [0.4, 0.5) is 20.2 Å². The van der Waals surface area contributed by atoms with Crippen molar-refractivity contribution in [1.82, 2.24) is 10.3 Å². The monoisotopic (exact) mass is 446 g/mol. The molecule has 0 saturated carbocycles. The van der Waals surface area contributed by atoms with Crippen LogP contribution in [-0.4, -0.2) is 31.8 Å². The summed E-state index contributed by atoms with van der Waals surface area (Å²) in [6.07, 6.45) is 3.01. The highest BCUT2D eigenvalue weighted by Crippen LogP contribution is 2.18. The minimum absolute atomic E-state index is 0.107.